The summed E-state index contributed by atoms with van der Waals surface area (Å²) in [5.74, 6) is -11.1. The van der Waals surface area contributed by atoms with Crippen LogP contribution in [0.15, 0.2) is 41.8 Å². The van der Waals surface area contributed by atoms with Crippen molar-refractivity contribution >= 4 is 70.5 Å². The van der Waals surface area contributed by atoms with Gasteiger partial charge in [0.1, 0.15) is 5.75 Å². The second-order valence-corrected chi connectivity index (χ2v) is 20.4. The number of nitrogens with one attached hydrogen (secondary N) is 5. The number of nitrogens with two attached hydrogens (primary N) is 4. The maximum Gasteiger partial charge on any atom is 0.305 e. The highest BCUT2D eigenvalue weighted by molar-refractivity contribution is 7.98. The summed E-state index contributed by atoms with van der Waals surface area (Å²) in [6.45, 7) is 5.32. The Labute approximate surface area is 443 Å². The molecule has 0 aliphatic heterocycles. The Hall–Kier alpha value is -6.24. The lowest BCUT2D eigenvalue weighted by Crippen LogP contribution is -2.50. The van der Waals surface area contributed by atoms with Crippen molar-refractivity contribution in [2.24, 2.45) is 57.5 Å². The van der Waals surface area contributed by atoms with Crippen molar-refractivity contribution in [2.75, 3.05) is 32.1 Å². The number of aromatic hydroxyl groups is 1. The van der Waals surface area contributed by atoms with E-state index in [9.17, 15) is 58.5 Å². The number of rotatable bonds is 40. The lowest BCUT2D eigenvalue weighted by atomic mass is 9.88. The number of carboxylic acids is 1. The average molecular weight is 1070 g/mol. The maximum absolute atomic E-state index is 14.7. The standard InChI is InChI=1S/C51H81N11O12S/c1-29(2)19-39(44(67)24-34(47(53)71)21-35-27-57-28-59-35)60-49(73)33(10-8-17-58-51(54)55)23-42(65)40(20-31-11-13-36(64)14-12-31)61-48(72)32(9-6-7-16-52)22-43(66)41(26-46(69)70)62-50(74)37(30(3)63)25-45(68)38(56-4)15-18-75-5/h11-14,27-30,32-34,37-41,56,63-64H,6-10,15-26,52H2,1-5H3,(H2,53,71)(H,57,59)(H,60,73)(H,61,72)(H,62,74)(H,69,70)(H4,54,55,58)/t30-,32-,33-,34+,37+,38+,39+,40+,41+/m1/s1. The lowest BCUT2D eigenvalue weighted by Gasteiger charge is -2.27. The van der Waals surface area contributed by atoms with E-state index >= 15 is 0 Å². The van der Waals surface area contributed by atoms with Crippen LogP contribution < -0.4 is 44.2 Å². The monoisotopic (exact) mass is 1070 g/mol. The van der Waals surface area contributed by atoms with Gasteiger partial charge in [0, 0.05) is 62.4 Å². The smallest absolute Gasteiger partial charge is 0.305 e. The number of primary amides is 1. The summed E-state index contributed by atoms with van der Waals surface area (Å²) in [4.78, 5) is 134. The molecule has 1 aromatic heterocycles. The van der Waals surface area contributed by atoms with E-state index in [0.29, 0.717) is 36.3 Å². The van der Waals surface area contributed by atoms with Crippen LogP contribution in [0.4, 0.5) is 0 Å². The van der Waals surface area contributed by atoms with Crippen molar-refractivity contribution < 1.29 is 58.5 Å². The number of aromatic nitrogens is 2. The number of carbonyl (C=O) groups is 9. The molecular weight excluding hydrogens is 991 g/mol. The van der Waals surface area contributed by atoms with Crippen LogP contribution in [0.2, 0.25) is 0 Å². The molecule has 2 rings (SSSR count). The van der Waals surface area contributed by atoms with Crippen molar-refractivity contribution in [3.63, 3.8) is 0 Å². The van der Waals surface area contributed by atoms with Crippen LogP contribution in [0.5, 0.6) is 5.75 Å². The molecule has 4 amide bonds. The number of unbranched alkanes of at least 4 members (excludes halogenated alkanes) is 1. The van der Waals surface area contributed by atoms with Gasteiger partial charge in [0.15, 0.2) is 29.1 Å². The minimum Gasteiger partial charge on any atom is -0.508 e. The number of aliphatic hydroxyl groups excluding tert-OH is 1. The highest BCUT2D eigenvalue weighted by Crippen LogP contribution is 2.23. The number of phenols is 1. The van der Waals surface area contributed by atoms with E-state index in [1.165, 1.54) is 55.5 Å². The molecule has 16 N–H and O–H groups in total. The number of carbonyl (C=O) groups excluding carboxylic acids is 8. The molecule has 1 aromatic carbocycles. The topological polar surface area (TPSA) is 408 Å². The fourth-order valence-corrected chi connectivity index (χ4v) is 8.97. The minimum absolute atomic E-state index is 0.0472. The fourth-order valence-electron chi connectivity index (χ4n) is 8.50. The van der Waals surface area contributed by atoms with Crippen LogP contribution in [0, 0.1) is 29.6 Å². The molecule has 0 aliphatic rings. The third kappa shape index (κ3) is 24.8. The zero-order chi connectivity index (χ0) is 56.2. The number of ketones is 4. The van der Waals surface area contributed by atoms with Gasteiger partial charge in [0.05, 0.1) is 54.9 Å². The van der Waals surface area contributed by atoms with E-state index in [4.69, 9.17) is 22.9 Å². The van der Waals surface area contributed by atoms with Crippen molar-refractivity contribution in [1.82, 2.24) is 31.2 Å². The number of hydrogen-bond acceptors (Lipinski definition) is 16. The van der Waals surface area contributed by atoms with E-state index in [0.717, 1.165) is 0 Å². The summed E-state index contributed by atoms with van der Waals surface area (Å²) in [7, 11) is 1.59. The molecule has 0 aliphatic carbocycles. The van der Waals surface area contributed by atoms with Crippen molar-refractivity contribution in [1.29, 1.82) is 0 Å². The number of aliphatic imine (C=N–C) groups is 1. The molecule has 0 saturated carbocycles. The molecule has 0 bridgehead atoms. The molecule has 75 heavy (non-hydrogen) atoms. The number of imidazole rings is 1. The van der Waals surface area contributed by atoms with Gasteiger partial charge in [-0.1, -0.05) is 32.4 Å². The Morgan fingerprint density at radius 2 is 1.27 bits per heavy atom. The molecule has 1 heterocycles. The predicted octanol–water partition coefficient (Wildman–Crippen LogP) is 0.567. The number of guanidine groups is 1. The summed E-state index contributed by atoms with van der Waals surface area (Å²) < 4.78 is 0. The second kappa shape index (κ2) is 34.4. The third-order valence-corrected chi connectivity index (χ3v) is 13.4. The number of H-pyrrole nitrogens is 1. The van der Waals surface area contributed by atoms with Crippen LogP contribution in [-0.2, 0) is 56.0 Å². The molecule has 9 atom stereocenters. The van der Waals surface area contributed by atoms with Gasteiger partial charge in [-0.2, -0.15) is 11.8 Å². The quantitative estimate of drug-likeness (QED) is 0.0246. The van der Waals surface area contributed by atoms with Gasteiger partial charge in [-0.05, 0) is 101 Å². The first-order valence-corrected chi connectivity index (χ1v) is 26.8. The molecule has 24 heteroatoms. The molecule has 0 unspecified atom stereocenters. The van der Waals surface area contributed by atoms with Gasteiger partial charge in [0.2, 0.25) is 23.6 Å². The van der Waals surface area contributed by atoms with Gasteiger partial charge < -0.3 is 64.5 Å². The van der Waals surface area contributed by atoms with Crippen molar-refractivity contribution in [2.45, 2.75) is 141 Å². The van der Waals surface area contributed by atoms with Gasteiger partial charge in [-0.3, -0.25) is 48.1 Å². The van der Waals surface area contributed by atoms with E-state index in [1.54, 1.807) is 7.05 Å². The number of hydrogen-bond donors (Lipinski definition) is 12. The van der Waals surface area contributed by atoms with Crippen LogP contribution in [0.1, 0.15) is 109 Å². The second-order valence-electron chi connectivity index (χ2n) is 19.4. The SMILES string of the molecule is CN[C@@H](CCSC)C(=O)C[C@H](C(=O)N[C@@H](CC(=O)O)C(=O)C[C@@H](CCCCN)C(=O)N[C@@H](Cc1ccc(O)cc1)C(=O)C[C@@H](CCCN=C(N)N)C(=O)N[C@@H](CC(C)C)C(=O)C[C@H](Cc1cnc[nH]1)C(N)=O)[C@@H](C)O. The largest absolute Gasteiger partial charge is 0.508 e. The van der Waals surface area contributed by atoms with E-state index in [1.807, 2.05) is 20.1 Å². The van der Waals surface area contributed by atoms with Crippen molar-refractivity contribution in [3.05, 3.63) is 48.0 Å². The number of likely N-dealkylation sites (N-methyl/N-ethyl adjacent to an activating group) is 1. The number of aliphatic hydroxyl groups is 1. The molecule has 0 radical (unpaired) electrons. The van der Waals surface area contributed by atoms with Crippen LogP contribution >= 0.6 is 11.8 Å². The Morgan fingerprint density at radius 3 is 1.79 bits per heavy atom. The fraction of sp³-hybridized carbons (Fsp3) is 0.627. The molecule has 0 spiro atoms. The predicted molar refractivity (Wildman–Crippen MR) is 284 cm³/mol. The van der Waals surface area contributed by atoms with Crippen molar-refractivity contribution in [3.8, 4) is 5.75 Å². The molecular formula is C51H81N11O12S. The summed E-state index contributed by atoms with van der Waals surface area (Å²) in [5, 5.41) is 41.4. The molecule has 2 aromatic rings. The first-order chi connectivity index (χ1) is 35.5. The Morgan fingerprint density at radius 1 is 0.707 bits per heavy atom. The Bertz CT molecular complexity index is 2190. The summed E-state index contributed by atoms with van der Waals surface area (Å²) in [5.41, 5.74) is 23.7. The number of Topliss-reactive ketones (excluding diaryl/α,β-unsaturated/α-hetero) is 4. The highest BCUT2D eigenvalue weighted by Gasteiger charge is 2.37. The summed E-state index contributed by atoms with van der Waals surface area (Å²) >= 11 is 1.52. The van der Waals surface area contributed by atoms with E-state index < -0.39 is 127 Å². The van der Waals surface area contributed by atoms with Gasteiger partial charge in [-0.15, -0.1) is 0 Å². The van der Waals surface area contributed by atoms with E-state index in [2.05, 4.69) is 36.2 Å². The first-order valence-electron chi connectivity index (χ1n) is 25.4. The number of benzene rings is 1. The lowest BCUT2D eigenvalue weighted by molar-refractivity contribution is -0.142. The molecule has 418 valence electrons. The van der Waals surface area contributed by atoms with E-state index in [-0.39, 0.29) is 81.4 Å². The summed E-state index contributed by atoms with van der Waals surface area (Å²) in [6, 6.07) is 1.12. The van der Waals surface area contributed by atoms with Gasteiger partial charge >= 0.3 is 5.97 Å². The van der Waals surface area contributed by atoms with Crippen LogP contribution in [-0.4, -0.2) is 146 Å². The molecule has 23 nitrogen and oxygen atoms in total. The Kier molecular flexibility index (Phi) is 29.7. The van der Waals surface area contributed by atoms with Crippen LogP contribution in [0.25, 0.3) is 0 Å². The summed E-state index contributed by atoms with van der Waals surface area (Å²) in [6.07, 6.45) is 2.49. The number of thioether (sulfide) groups is 1. The number of nitrogens with zero attached hydrogens (tertiary/aromatic N) is 2. The minimum atomic E-state index is -1.68. The highest BCUT2D eigenvalue weighted by atomic mass is 32.2. The number of phenolic OH excluding ortho intramolecular Hbond substituents is 1. The number of carboxylic acid groups (broad SMARTS) is 1. The first kappa shape index (κ1) is 64.9. The number of amides is 4. The third-order valence-electron chi connectivity index (χ3n) is 12.8. The molecule has 0 fully saturated rings. The average Bonchev–Trinajstić information content (AvgIpc) is 3.86. The Balaban J connectivity index is 2.53. The number of aliphatic carboxylic acids is 1. The number of aromatic amines is 1. The van der Waals surface area contributed by atoms with Gasteiger partial charge in [0.25, 0.3) is 0 Å². The van der Waals surface area contributed by atoms with Gasteiger partial charge in [-0.25, -0.2) is 4.98 Å². The zero-order valence-corrected chi connectivity index (χ0v) is 44.7. The maximum atomic E-state index is 14.7. The van der Waals surface area contributed by atoms with Crippen LogP contribution in [0.3, 0.4) is 0 Å². The normalized spacial score (nSPS) is 14.9. The molecule has 0 saturated heterocycles. The zero-order valence-electron chi connectivity index (χ0n) is 43.9.